The molecule has 1 aromatic heterocycles. The molecule has 2 unspecified atom stereocenters. The number of carbonyl (C=O) groups excluding carboxylic acids is 2. The zero-order valence-electron chi connectivity index (χ0n) is 17.4. The average molecular weight is 399 g/mol. The molecule has 0 radical (unpaired) electrons. The quantitative estimate of drug-likeness (QED) is 0.781. The van der Waals surface area contributed by atoms with Gasteiger partial charge in [-0.15, -0.1) is 0 Å². The van der Waals surface area contributed by atoms with Crippen molar-refractivity contribution in [3.05, 3.63) is 35.5 Å². The predicted molar refractivity (Wildman–Crippen MR) is 111 cm³/mol. The Morgan fingerprint density at radius 2 is 1.97 bits per heavy atom. The molecule has 2 N–H and O–H groups in total. The van der Waals surface area contributed by atoms with Gasteiger partial charge in [0, 0.05) is 24.5 Å². The molecule has 0 bridgehead atoms. The fourth-order valence-corrected chi connectivity index (χ4v) is 4.10. The molecule has 2 atom stereocenters. The number of carboxylic acid groups (broad SMARTS) is 1. The smallest absolute Gasteiger partial charge is 0.326 e. The maximum Gasteiger partial charge on any atom is 0.326 e. The van der Waals surface area contributed by atoms with Crippen molar-refractivity contribution in [3.8, 4) is 0 Å². The van der Waals surface area contributed by atoms with Crippen LogP contribution >= 0.6 is 0 Å². The molecule has 7 nitrogen and oxygen atoms in total. The molecule has 1 aliphatic rings. The molecule has 0 saturated carbocycles. The second kappa shape index (κ2) is 8.27. The molecule has 0 spiro atoms. The Morgan fingerprint density at radius 1 is 1.24 bits per heavy atom. The highest BCUT2D eigenvalue weighted by molar-refractivity contribution is 6.01. The Kier molecular flexibility index (Phi) is 5.96. The third-order valence-electron chi connectivity index (χ3n) is 5.56. The lowest BCUT2D eigenvalue weighted by molar-refractivity contribution is -0.149. The lowest BCUT2D eigenvalue weighted by Crippen LogP contribution is -2.52. The molecule has 1 fully saturated rings. The molecule has 1 aromatic carbocycles. The Balaban J connectivity index is 1.85. The van der Waals surface area contributed by atoms with Gasteiger partial charge in [0.15, 0.2) is 0 Å². The van der Waals surface area contributed by atoms with Gasteiger partial charge in [0.1, 0.15) is 17.8 Å². The van der Waals surface area contributed by atoms with E-state index in [4.69, 9.17) is 0 Å². The summed E-state index contributed by atoms with van der Waals surface area (Å²) in [7, 11) is 1.83. The second-order valence-electron chi connectivity index (χ2n) is 8.33. The summed E-state index contributed by atoms with van der Waals surface area (Å²) >= 11 is 0. The standard InChI is InChI=1S/C22H29N3O4/c1-13(2)10-16(21(27)25-9-5-6-18(25)22(28)29)23-20(26)19-12-15-11-14(3)7-8-17(15)24(19)4/h7-8,11-13,16,18H,5-6,9-10H2,1-4H3,(H,23,26)(H,28,29). The van der Waals surface area contributed by atoms with E-state index in [1.807, 2.05) is 56.7 Å². The van der Waals surface area contributed by atoms with Crippen LogP contribution in [0.3, 0.4) is 0 Å². The number of carboxylic acids is 1. The number of benzene rings is 1. The van der Waals surface area contributed by atoms with Crippen LogP contribution in [0.4, 0.5) is 0 Å². The number of aliphatic carboxylic acids is 1. The van der Waals surface area contributed by atoms with Crippen molar-refractivity contribution in [1.82, 2.24) is 14.8 Å². The minimum absolute atomic E-state index is 0.172. The molecule has 1 aliphatic heterocycles. The highest BCUT2D eigenvalue weighted by Gasteiger charge is 2.38. The first kappa shape index (κ1) is 20.9. The normalized spacial score (nSPS) is 17.7. The third-order valence-corrected chi connectivity index (χ3v) is 5.56. The number of hydrogen-bond donors (Lipinski definition) is 2. The summed E-state index contributed by atoms with van der Waals surface area (Å²) in [4.78, 5) is 39.0. The largest absolute Gasteiger partial charge is 0.480 e. The molecule has 0 aliphatic carbocycles. The van der Waals surface area contributed by atoms with E-state index in [0.717, 1.165) is 16.5 Å². The predicted octanol–water partition coefficient (Wildman–Crippen LogP) is 2.71. The Morgan fingerprint density at radius 3 is 2.62 bits per heavy atom. The SMILES string of the molecule is Cc1ccc2c(c1)cc(C(=O)NC(CC(C)C)C(=O)N1CCCC1C(=O)O)n2C. The number of nitrogens with one attached hydrogen (secondary N) is 1. The van der Waals surface area contributed by atoms with Crippen LogP contribution in [0.2, 0.25) is 0 Å². The fourth-order valence-electron chi connectivity index (χ4n) is 4.10. The van der Waals surface area contributed by atoms with Crippen LogP contribution in [0.15, 0.2) is 24.3 Å². The number of rotatable bonds is 6. The van der Waals surface area contributed by atoms with E-state index in [0.29, 0.717) is 31.5 Å². The van der Waals surface area contributed by atoms with Crippen molar-refractivity contribution in [3.63, 3.8) is 0 Å². The van der Waals surface area contributed by atoms with Crippen LogP contribution in [0, 0.1) is 12.8 Å². The van der Waals surface area contributed by atoms with Gasteiger partial charge in [-0.25, -0.2) is 4.79 Å². The van der Waals surface area contributed by atoms with Crippen LogP contribution < -0.4 is 5.32 Å². The van der Waals surface area contributed by atoms with Crippen molar-refractivity contribution in [2.24, 2.45) is 13.0 Å². The highest BCUT2D eigenvalue weighted by atomic mass is 16.4. The van der Waals surface area contributed by atoms with Crippen molar-refractivity contribution in [2.75, 3.05) is 6.54 Å². The van der Waals surface area contributed by atoms with Crippen molar-refractivity contribution < 1.29 is 19.5 Å². The number of amides is 2. The summed E-state index contributed by atoms with van der Waals surface area (Å²) in [5, 5.41) is 13.3. The van der Waals surface area contributed by atoms with Crippen molar-refractivity contribution in [2.45, 2.75) is 52.1 Å². The monoisotopic (exact) mass is 399 g/mol. The fraction of sp³-hybridized carbons (Fsp3) is 0.500. The van der Waals surface area contributed by atoms with Crippen LogP contribution in [0.1, 0.15) is 49.2 Å². The Bertz CT molecular complexity index is 947. The van der Waals surface area contributed by atoms with Gasteiger partial charge in [-0.2, -0.15) is 0 Å². The maximum absolute atomic E-state index is 13.1. The van der Waals surface area contributed by atoms with Gasteiger partial charge in [0.05, 0.1) is 0 Å². The lowest BCUT2D eigenvalue weighted by Gasteiger charge is -2.28. The molecule has 2 aromatic rings. The number of nitrogens with zero attached hydrogens (tertiary/aromatic N) is 2. The summed E-state index contributed by atoms with van der Waals surface area (Å²) in [6.45, 7) is 6.36. The molecule has 2 amide bonds. The molecule has 7 heteroatoms. The van der Waals surface area contributed by atoms with Gasteiger partial charge in [0.2, 0.25) is 5.91 Å². The first-order valence-electron chi connectivity index (χ1n) is 10.1. The minimum Gasteiger partial charge on any atom is -0.480 e. The van der Waals surface area contributed by atoms with Crippen LogP contribution in [-0.4, -0.2) is 51.0 Å². The summed E-state index contributed by atoms with van der Waals surface area (Å²) in [5.41, 5.74) is 2.53. The molecule has 3 rings (SSSR count). The number of carbonyl (C=O) groups is 3. The average Bonchev–Trinajstić information content (AvgIpc) is 3.25. The topological polar surface area (TPSA) is 91.6 Å². The Hall–Kier alpha value is -2.83. The zero-order chi connectivity index (χ0) is 21.3. The van der Waals surface area contributed by atoms with E-state index < -0.39 is 18.1 Å². The van der Waals surface area contributed by atoms with E-state index in [1.54, 1.807) is 0 Å². The van der Waals surface area contributed by atoms with Crippen LogP contribution in [0.5, 0.6) is 0 Å². The first-order chi connectivity index (χ1) is 13.7. The summed E-state index contributed by atoms with van der Waals surface area (Å²) in [6.07, 6.45) is 1.57. The number of fused-ring (bicyclic) bond motifs is 1. The van der Waals surface area contributed by atoms with Crippen LogP contribution in [-0.2, 0) is 16.6 Å². The number of aryl methyl sites for hydroxylation is 2. The zero-order valence-corrected chi connectivity index (χ0v) is 17.4. The summed E-state index contributed by atoms with van der Waals surface area (Å²) in [5.74, 6) is -1.46. The molecular weight excluding hydrogens is 370 g/mol. The van der Waals surface area contributed by atoms with E-state index in [9.17, 15) is 19.5 Å². The van der Waals surface area contributed by atoms with Crippen LogP contribution in [0.25, 0.3) is 10.9 Å². The van der Waals surface area contributed by atoms with Gasteiger partial charge >= 0.3 is 5.97 Å². The molecule has 2 heterocycles. The van der Waals surface area contributed by atoms with E-state index in [1.165, 1.54) is 4.90 Å². The highest BCUT2D eigenvalue weighted by Crippen LogP contribution is 2.22. The number of likely N-dealkylation sites (tertiary alicyclic amines) is 1. The van der Waals surface area contributed by atoms with Crippen molar-refractivity contribution >= 4 is 28.7 Å². The van der Waals surface area contributed by atoms with E-state index in [-0.39, 0.29) is 17.7 Å². The van der Waals surface area contributed by atoms with Gasteiger partial charge in [0.25, 0.3) is 5.91 Å². The third kappa shape index (κ3) is 4.28. The van der Waals surface area contributed by atoms with Gasteiger partial charge < -0.3 is 19.9 Å². The summed E-state index contributed by atoms with van der Waals surface area (Å²) < 4.78 is 1.82. The molecular formula is C22H29N3O4. The van der Waals surface area contributed by atoms with Gasteiger partial charge in [-0.3, -0.25) is 9.59 Å². The van der Waals surface area contributed by atoms with E-state index in [2.05, 4.69) is 5.32 Å². The maximum atomic E-state index is 13.1. The first-order valence-corrected chi connectivity index (χ1v) is 10.1. The minimum atomic E-state index is -0.991. The number of hydrogen-bond acceptors (Lipinski definition) is 3. The molecule has 1 saturated heterocycles. The molecule has 29 heavy (non-hydrogen) atoms. The second-order valence-corrected chi connectivity index (χ2v) is 8.33. The summed E-state index contributed by atoms with van der Waals surface area (Å²) in [6, 6.07) is 6.25. The van der Waals surface area contributed by atoms with Gasteiger partial charge in [-0.1, -0.05) is 25.5 Å². The molecule has 156 valence electrons. The number of aromatic nitrogens is 1. The van der Waals surface area contributed by atoms with Crippen molar-refractivity contribution in [1.29, 1.82) is 0 Å². The Labute approximate surface area is 170 Å². The lowest BCUT2D eigenvalue weighted by atomic mass is 10.0. The van der Waals surface area contributed by atoms with E-state index >= 15 is 0 Å². The van der Waals surface area contributed by atoms with Gasteiger partial charge in [-0.05, 0) is 50.3 Å².